The molecule has 0 aromatic heterocycles. The minimum atomic E-state index is -0.538. The fraction of sp³-hybridized carbons (Fsp3) is 0.512. The first-order valence-electron chi connectivity index (χ1n) is 18.9. The Morgan fingerprint density at radius 3 is 1.44 bits per heavy atom. The Bertz CT molecular complexity index is 1380. The highest BCUT2D eigenvalue weighted by Gasteiger charge is 2.48. The number of likely N-dealkylation sites (N-methyl/N-ethyl adjacent to an activating group) is 2. The summed E-state index contributed by atoms with van der Waals surface area (Å²) >= 11 is 0. The van der Waals surface area contributed by atoms with Gasteiger partial charge in [0.05, 0.1) is 49.3 Å². The molecule has 0 amide bonds. The first-order chi connectivity index (χ1) is 24.5. The van der Waals surface area contributed by atoms with Crippen molar-refractivity contribution in [2.75, 3.05) is 79.8 Å². The lowest BCUT2D eigenvalue weighted by molar-refractivity contribution is -0.127. The standard InChI is InChI=1S/C43H58N4O3/c1-44-42(31-35-11-5-3-6-12-35)33-37(15-9-21-46-23-27-49-28-24-46)17-19-39(42)41(48)40-20-18-38(16-10-22-47-25-29-50-30-26-47)34-43(40,45-2)32-36-13-7-4-8-14-36/h3-8,11-14,17-20,33-34,39-40,44-45H,9-10,15-16,21-32H2,1-2H3. The number of rotatable bonds is 16. The Kier molecular flexibility index (Phi) is 13.1. The average Bonchev–Trinajstić information content (AvgIpc) is 3.16. The van der Waals surface area contributed by atoms with Gasteiger partial charge in [0.1, 0.15) is 0 Å². The van der Waals surface area contributed by atoms with E-state index in [4.69, 9.17) is 9.47 Å². The molecule has 0 bridgehead atoms. The van der Waals surface area contributed by atoms with Gasteiger partial charge in [0.2, 0.25) is 0 Å². The van der Waals surface area contributed by atoms with Crippen molar-refractivity contribution < 1.29 is 14.3 Å². The van der Waals surface area contributed by atoms with Gasteiger partial charge in [0.15, 0.2) is 5.78 Å². The largest absolute Gasteiger partial charge is 0.379 e. The minimum absolute atomic E-state index is 0.250. The second kappa shape index (κ2) is 17.9. The van der Waals surface area contributed by atoms with E-state index in [-0.39, 0.29) is 17.6 Å². The lowest BCUT2D eigenvalue weighted by Crippen LogP contribution is -2.59. The van der Waals surface area contributed by atoms with E-state index in [0.717, 1.165) is 104 Å². The number of hydrogen-bond donors (Lipinski definition) is 2. The van der Waals surface area contributed by atoms with Crippen molar-refractivity contribution in [3.63, 3.8) is 0 Å². The predicted octanol–water partition coefficient (Wildman–Crippen LogP) is 5.41. The number of allylic oxidation sites excluding steroid dienone is 4. The van der Waals surface area contributed by atoms with Gasteiger partial charge in [-0.1, -0.05) is 108 Å². The topological polar surface area (TPSA) is 66.1 Å². The average molecular weight is 679 g/mol. The molecule has 268 valence electrons. The van der Waals surface area contributed by atoms with Crippen LogP contribution in [0.15, 0.2) is 108 Å². The number of benzene rings is 2. The Morgan fingerprint density at radius 1 is 0.660 bits per heavy atom. The lowest BCUT2D eigenvalue weighted by atomic mass is 9.64. The zero-order valence-electron chi connectivity index (χ0n) is 30.3. The molecule has 2 fully saturated rings. The first-order valence-corrected chi connectivity index (χ1v) is 18.9. The van der Waals surface area contributed by atoms with E-state index in [2.05, 4.69) is 118 Å². The molecule has 2 aliphatic heterocycles. The lowest BCUT2D eigenvalue weighted by Gasteiger charge is -2.45. The molecule has 2 N–H and O–H groups in total. The summed E-state index contributed by atoms with van der Waals surface area (Å²) in [5, 5.41) is 7.44. The third kappa shape index (κ3) is 9.19. The van der Waals surface area contributed by atoms with E-state index in [9.17, 15) is 0 Å². The van der Waals surface area contributed by atoms with Gasteiger partial charge < -0.3 is 20.1 Å². The summed E-state index contributed by atoms with van der Waals surface area (Å²) < 4.78 is 11.1. The number of carbonyl (C=O) groups is 1. The van der Waals surface area contributed by atoms with Crippen molar-refractivity contribution in [2.24, 2.45) is 11.8 Å². The molecule has 2 saturated heterocycles. The fourth-order valence-electron chi connectivity index (χ4n) is 8.41. The monoisotopic (exact) mass is 678 g/mol. The van der Waals surface area contributed by atoms with Crippen LogP contribution in [-0.2, 0) is 27.1 Å². The molecule has 50 heavy (non-hydrogen) atoms. The Hall–Kier alpha value is -3.17. The van der Waals surface area contributed by atoms with Crippen molar-refractivity contribution in [3.8, 4) is 0 Å². The number of ether oxygens (including phenoxy) is 2. The first kappa shape index (κ1) is 36.6. The maximum atomic E-state index is 15.3. The molecular formula is C43H58N4O3. The van der Waals surface area contributed by atoms with E-state index in [0.29, 0.717) is 0 Å². The maximum Gasteiger partial charge on any atom is 0.150 e. The molecule has 2 aromatic carbocycles. The molecule has 7 heteroatoms. The SMILES string of the molecule is CNC1(Cc2ccccc2)C=C(CCCN2CCOCC2)C=CC1C(=O)C1C=CC(CCCN2CCOCC2)=CC1(Cc1ccccc1)NC. The number of Topliss-reactive ketones (excluding diaryl/α,β-unsaturated/α-hetero) is 1. The molecule has 2 aliphatic carbocycles. The summed E-state index contributed by atoms with van der Waals surface area (Å²) in [7, 11) is 4.06. The van der Waals surface area contributed by atoms with Crippen molar-refractivity contribution in [3.05, 3.63) is 119 Å². The van der Waals surface area contributed by atoms with Crippen molar-refractivity contribution in [2.45, 2.75) is 49.6 Å². The van der Waals surface area contributed by atoms with Gasteiger partial charge in [-0.15, -0.1) is 0 Å². The minimum Gasteiger partial charge on any atom is -0.379 e. The Balaban J connectivity index is 1.26. The van der Waals surface area contributed by atoms with E-state index < -0.39 is 11.1 Å². The molecule has 0 saturated carbocycles. The van der Waals surface area contributed by atoms with Gasteiger partial charge in [-0.05, 0) is 76.8 Å². The van der Waals surface area contributed by atoms with Crippen molar-refractivity contribution >= 4 is 5.78 Å². The summed E-state index contributed by atoms with van der Waals surface area (Å²) in [5.41, 5.74) is 3.99. The number of carbonyl (C=O) groups excluding carboxylic acids is 1. The summed E-state index contributed by atoms with van der Waals surface area (Å²) in [4.78, 5) is 20.3. The van der Waals surface area contributed by atoms with Crippen LogP contribution >= 0.6 is 0 Å². The second-order valence-corrected chi connectivity index (χ2v) is 14.5. The molecule has 0 spiro atoms. The molecule has 6 rings (SSSR count). The van der Waals surface area contributed by atoms with Crippen LogP contribution in [0.4, 0.5) is 0 Å². The van der Waals surface area contributed by atoms with Crippen LogP contribution in [0.1, 0.15) is 36.8 Å². The smallest absolute Gasteiger partial charge is 0.150 e. The predicted molar refractivity (Wildman–Crippen MR) is 203 cm³/mol. The van der Waals surface area contributed by atoms with E-state index in [1.165, 1.54) is 22.3 Å². The van der Waals surface area contributed by atoms with Gasteiger partial charge in [-0.2, -0.15) is 0 Å². The highest BCUT2D eigenvalue weighted by molar-refractivity contribution is 5.91. The zero-order valence-corrected chi connectivity index (χ0v) is 30.3. The quantitative estimate of drug-likeness (QED) is 0.246. The van der Waals surface area contributed by atoms with Crippen LogP contribution in [0.3, 0.4) is 0 Å². The van der Waals surface area contributed by atoms with Crippen LogP contribution in [0.5, 0.6) is 0 Å². The van der Waals surface area contributed by atoms with Gasteiger partial charge >= 0.3 is 0 Å². The normalized spacial score (nSPS) is 27.6. The third-order valence-electron chi connectivity index (χ3n) is 11.3. The van der Waals surface area contributed by atoms with E-state index >= 15 is 4.79 Å². The second-order valence-electron chi connectivity index (χ2n) is 14.5. The van der Waals surface area contributed by atoms with Crippen molar-refractivity contribution in [1.29, 1.82) is 0 Å². The molecule has 0 radical (unpaired) electrons. The number of morpholine rings is 2. The number of hydrogen-bond acceptors (Lipinski definition) is 7. The summed E-state index contributed by atoms with van der Waals surface area (Å²) in [6.07, 6.45) is 19.3. The third-order valence-corrected chi connectivity index (χ3v) is 11.3. The van der Waals surface area contributed by atoms with E-state index in [1.54, 1.807) is 0 Å². The van der Waals surface area contributed by atoms with Crippen LogP contribution in [0.2, 0.25) is 0 Å². The van der Waals surface area contributed by atoms with Gasteiger partial charge in [0, 0.05) is 26.2 Å². The zero-order chi connectivity index (χ0) is 34.7. The molecule has 4 atom stereocenters. The molecule has 7 nitrogen and oxygen atoms in total. The molecule has 2 aromatic rings. The summed E-state index contributed by atoms with van der Waals surface area (Å²) in [5.74, 6) is -0.407. The Morgan fingerprint density at radius 2 is 1.06 bits per heavy atom. The van der Waals surface area contributed by atoms with Crippen LogP contribution in [0, 0.1) is 11.8 Å². The Labute approximate surface area is 300 Å². The molecular weight excluding hydrogens is 620 g/mol. The number of ketones is 1. The van der Waals surface area contributed by atoms with Crippen LogP contribution < -0.4 is 10.6 Å². The molecule has 4 aliphatic rings. The summed E-state index contributed by atoms with van der Waals surface area (Å²) in [6.45, 7) is 9.47. The molecule has 4 unspecified atom stereocenters. The fourth-order valence-corrected chi connectivity index (χ4v) is 8.41. The van der Waals surface area contributed by atoms with Crippen LogP contribution in [-0.4, -0.2) is 106 Å². The maximum absolute atomic E-state index is 15.3. The van der Waals surface area contributed by atoms with Gasteiger partial charge in [-0.3, -0.25) is 14.6 Å². The van der Waals surface area contributed by atoms with Gasteiger partial charge in [0.25, 0.3) is 0 Å². The summed E-state index contributed by atoms with van der Waals surface area (Å²) in [6, 6.07) is 21.3. The van der Waals surface area contributed by atoms with Crippen molar-refractivity contribution in [1.82, 2.24) is 20.4 Å². The van der Waals surface area contributed by atoms with Gasteiger partial charge in [-0.25, -0.2) is 0 Å². The van der Waals surface area contributed by atoms with Crippen LogP contribution in [0.25, 0.3) is 0 Å². The number of nitrogens with one attached hydrogen (secondary N) is 2. The highest BCUT2D eigenvalue weighted by atomic mass is 16.5. The highest BCUT2D eigenvalue weighted by Crippen LogP contribution is 2.40. The molecule has 2 heterocycles. The number of nitrogens with zero attached hydrogens (tertiary/aromatic N) is 2. The van der Waals surface area contributed by atoms with E-state index in [1.807, 2.05) is 14.1 Å².